The van der Waals surface area contributed by atoms with Crippen LogP contribution in [0, 0.1) is 0 Å². The van der Waals surface area contributed by atoms with Crippen molar-refractivity contribution in [2.75, 3.05) is 13.1 Å². The molecule has 0 amide bonds. The van der Waals surface area contributed by atoms with Gasteiger partial charge in [0.1, 0.15) is 0 Å². The standard InChI is InChI=1S/C24H22ClF3N4O3/c25-17-4-1-3-15(13-17)7-10-29-9-2-12-32-21(22(33)35-23(34)24(26,27)28)19-6-5-16-14-30-11-8-18(16)20(19)31-32/h1,3-4,8,11,13-14,29H,2,5-7,9-10,12H2. The first-order valence-corrected chi connectivity index (χ1v) is 11.4. The van der Waals surface area contributed by atoms with Gasteiger partial charge in [-0.05, 0) is 68.1 Å². The second kappa shape index (κ2) is 10.6. The van der Waals surface area contributed by atoms with Crippen LogP contribution >= 0.6 is 11.6 Å². The Balaban J connectivity index is 1.46. The monoisotopic (exact) mass is 506 g/mol. The normalized spacial score (nSPS) is 12.7. The van der Waals surface area contributed by atoms with Crippen LogP contribution in [0.5, 0.6) is 0 Å². The third kappa shape index (κ3) is 5.88. The van der Waals surface area contributed by atoms with Crippen LogP contribution in [0.15, 0.2) is 42.7 Å². The smallest absolute Gasteiger partial charge is 0.381 e. The zero-order valence-electron chi connectivity index (χ0n) is 18.6. The summed E-state index contributed by atoms with van der Waals surface area (Å²) in [6, 6.07) is 9.32. The Morgan fingerprint density at radius 3 is 2.77 bits per heavy atom. The molecular formula is C24H22ClF3N4O3. The number of benzene rings is 1. The van der Waals surface area contributed by atoms with Crippen LogP contribution in [0.2, 0.25) is 5.02 Å². The minimum absolute atomic E-state index is 0.126. The molecule has 184 valence electrons. The summed E-state index contributed by atoms with van der Waals surface area (Å²) in [5.74, 6) is -3.90. The molecule has 0 saturated carbocycles. The number of carbonyl (C=O) groups excluding carboxylic acids is 2. The van der Waals surface area contributed by atoms with Gasteiger partial charge in [-0.2, -0.15) is 18.3 Å². The second-order valence-electron chi connectivity index (χ2n) is 8.09. The highest BCUT2D eigenvalue weighted by atomic mass is 35.5. The number of hydrogen-bond donors (Lipinski definition) is 1. The van der Waals surface area contributed by atoms with Gasteiger partial charge in [0.25, 0.3) is 0 Å². The number of fused-ring (bicyclic) bond motifs is 3. The number of ether oxygens (including phenoxy) is 1. The highest BCUT2D eigenvalue weighted by molar-refractivity contribution is 6.30. The van der Waals surface area contributed by atoms with Gasteiger partial charge in [0, 0.05) is 35.1 Å². The predicted molar refractivity (Wildman–Crippen MR) is 122 cm³/mol. The van der Waals surface area contributed by atoms with Crippen LogP contribution in [0.25, 0.3) is 11.3 Å². The van der Waals surface area contributed by atoms with E-state index in [0.717, 1.165) is 23.1 Å². The average Bonchev–Trinajstić information content (AvgIpc) is 3.19. The van der Waals surface area contributed by atoms with Crippen LogP contribution in [0.3, 0.4) is 0 Å². The summed E-state index contributed by atoms with van der Waals surface area (Å²) in [6.45, 7) is 1.54. The Labute approximate surface area is 204 Å². The number of halogens is 4. The first kappa shape index (κ1) is 24.9. The van der Waals surface area contributed by atoms with E-state index in [1.165, 1.54) is 4.68 Å². The highest BCUT2D eigenvalue weighted by Gasteiger charge is 2.43. The maximum absolute atomic E-state index is 12.7. The van der Waals surface area contributed by atoms with Crippen molar-refractivity contribution in [1.29, 1.82) is 0 Å². The van der Waals surface area contributed by atoms with E-state index in [9.17, 15) is 22.8 Å². The molecule has 1 aromatic carbocycles. The molecule has 2 aromatic heterocycles. The van der Waals surface area contributed by atoms with Crippen molar-refractivity contribution in [2.45, 2.75) is 38.4 Å². The molecule has 1 N–H and O–H groups in total. The lowest BCUT2D eigenvalue weighted by Crippen LogP contribution is -2.29. The third-order valence-electron chi connectivity index (χ3n) is 5.67. The molecule has 0 fully saturated rings. The van der Waals surface area contributed by atoms with Crippen molar-refractivity contribution in [1.82, 2.24) is 20.1 Å². The van der Waals surface area contributed by atoms with Crippen LogP contribution in [-0.2, 0) is 35.3 Å². The van der Waals surface area contributed by atoms with Crippen molar-refractivity contribution in [3.8, 4) is 11.3 Å². The van der Waals surface area contributed by atoms with E-state index in [0.29, 0.717) is 48.6 Å². The first-order chi connectivity index (χ1) is 16.7. The van der Waals surface area contributed by atoms with Crippen LogP contribution in [0.1, 0.15) is 33.6 Å². The molecule has 35 heavy (non-hydrogen) atoms. The summed E-state index contributed by atoms with van der Waals surface area (Å²) in [7, 11) is 0. The van der Waals surface area contributed by atoms with Crippen molar-refractivity contribution in [3.63, 3.8) is 0 Å². The first-order valence-electron chi connectivity index (χ1n) is 11.1. The molecule has 4 rings (SSSR count). The van der Waals surface area contributed by atoms with Crippen molar-refractivity contribution < 1.29 is 27.5 Å². The Kier molecular flexibility index (Phi) is 7.51. The van der Waals surface area contributed by atoms with Gasteiger partial charge < -0.3 is 10.1 Å². The fourth-order valence-corrected chi connectivity index (χ4v) is 4.27. The van der Waals surface area contributed by atoms with E-state index in [4.69, 9.17) is 11.6 Å². The number of aryl methyl sites for hydroxylation is 2. The number of aromatic nitrogens is 3. The number of alkyl halides is 3. The minimum Gasteiger partial charge on any atom is -0.381 e. The Hall–Kier alpha value is -3.24. The molecule has 0 unspecified atom stereocenters. The number of rotatable bonds is 8. The number of nitrogens with zero attached hydrogens (tertiary/aromatic N) is 3. The highest BCUT2D eigenvalue weighted by Crippen LogP contribution is 2.34. The van der Waals surface area contributed by atoms with Gasteiger partial charge in [-0.25, -0.2) is 9.59 Å². The molecule has 1 aliphatic carbocycles. The van der Waals surface area contributed by atoms with Gasteiger partial charge in [-0.1, -0.05) is 23.7 Å². The van der Waals surface area contributed by atoms with Crippen molar-refractivity contribution in [2.24, 2.45) is 0 Å². The zero-order valence-corrected chi connectivity index (χ0v) is 19.3. The SMILES string of the molecule is O=C(OC(=O)C(F)(F)F)c1c2c(nn1CCCNCCc1cccc(Cl)c1)-c1ccncc1CC2. The molecule has 0 spiro atoms. The van der Waals surface area contributed by atoms with E-state index in [1.54, 1.807) is 18.5 Å². The molecule has 0 atom stereocenters. The fraction of sp³-hybridized carbons (Fsp3) is 0.333. The summed E-state index contributed by atoms with van der Waals surface area (Å²) in [5, 5.41) is 8.47. The van der Waals surface area contributed by atoms with Crippen LogP contribution in [-0.4, -0.2) is 46.0 Å². The number of esters is 2. The molecule has 0 radical (unpaired) electrons. The predicted octanol–water partition coefficient (Wildman–Crippen LogP) is 4.17. The second-order valence-corrected chi connectivity index (χ2v) is 8.53. The summed E-state index contributed by atoms with van der Waals surface area (Å²) in [6.07, 6.45) is 0.252. The maximum atomic E-state index is 12.7. The fourth-order valence-electron chi connectivity index (χ4n) is 4.05. The quantitative estimate of drug-likeness (QED) is 0.280. The number of pyridine rings is 1. The molecule has 7 nitrogen and oxygen atoms in total. The van der Waals surface area contributed by atoms with E-state index in [1.807, 2.05) is 24.3 Å². The molecule has 0 bridgehead atoms. The lowest BCUT2D eigenvalue weighted by molar-refractivity contribution is -0.193. The number of nitrogens with one attached hydrogen (secondary N) is 1. The Morgan fingerprint density at radius 1 is 1.17 bits per heavy atom. The van der Waals surface area contributed by atoms with Gasteiger partial charge in [-0.15, -0.1) is 0 Å². The Morgan fingerprint density at radius 2 is 2.00 bits per heavy atom. The van der Waals surface area contributed by atoms with Gasteiger partial charge >= 0.3 is 18.1 Å². The zero-order chi connectivity index (χ0) is 25.0. The molecule has 0 aliphatic heterocycles. The Bertz CT molecular complexity index is 1240. The molecule has 11 heteroatoms. The molecule has 3 aromatic rings. The largest absolute Gasteiger partial charge is 0.491 e. The topological polar surface area (TPSA) is 86.1 Å². The van der Waals surface area contributed by atoms with Crippen LogP contribution < -0.4 is 5.32 Å². The van der Waals surface area contributed by atoms with Gasteiger partial charge in [0.15, 0.2) is 5.69 Å². The average molecular weight is 507 g/mol. The summed E-state index contributed by atoms with van der Waals surface area (Å²) >= 11 is 5.99. The molecule has 1 aliphatic rings. The summed E-state index contributed by atoms with van der Waals surface area (Å²) in [5.41, 5.74) is 3.62. The third-order valence-corrected chi connectivity index (χ3v) is 5.90. The molecule has 0 saturated heterocycles. The van der Waals surface area contributed by atoms with Gasteiger partial charge in [0.2, 0.25) is 0 Å². The van der Waals surface area contributed by atoms with Crippen LogP contribution in [0.4, 0.5) is 13.2 Å². The van der Waals surface area contributed by atoms with E-state index in [2.05, 4.69) is 20.1 Å². The van der Waals surface area contributed by atoms with Gasteiger partial charge in [0.05, 0.1) is 5.69 Å². The number of carbonyl (C=O) groups is 2. The van der Waals surface area contributed by atoms with E-state index >= 15 is 0 Å². The van der Waals surface area contributed by atoms with E-state index in [-0.39, 0.29) is 12.2 Å². The number of hydrogen-bond acceptors (Lipinski definition) is 6. The maximum Gasteiger partial charge on any atom is 0.491 e. The molecular weight excluding hydrogens is 485 g/mol. The lowest BCUT2D eigenvalue weighted by atomic mass is 9.90. The molecule has 2 heterocycles. The van der Waals surface area contributed by atoms with Gasteiger partial charge in [-0.3, -0.25) is 9.67 Å². The van der Waals surface area contributed by atoms with E-state index < -0.39 is 18.1 Å². The minimum atomic E-state index is -5.27. The summed E-state index contributed by atoms with van der Waals surface area (Å²) in [4.78, 5) is 28.0. The van der Waals surface area contributed by atoms with Crippen molar-refractivity contribution >= 4 is 23.5 Å². The summed E-state index contributed by atoms with van der Waals surface area (Å²) < 4.78 is 43.5. The van der Waals surface area contributed by atoms with Crippen molar-refractivity contribution in [3.05, 3.63) is 70.1 Å². The lowest BCUT2D eigenvalue weighted by Gasteiger charge is -2.15.